The molecule has 0 fully saturated rings. The first-order chi connectivity index (χ1) is 9.70. The third-order valence-corrected chi connectivity index (χ3v) is 3.31. The van der Waals surface area contributed by atoms with Gasteiger partial charge in [0, 0.05) is 24.2 Å². The zero-order valence-electron chi connectivity index (χ0n) is 11.0. The molecule has 3 rings (SSSR count). The molecule has 0 atom stereocenters. The second kappa shape index (κ2) is 4.77. The van der Waals surface area contributed by atoms with Gasteiger partial charge in [0.05, 0.1) is 16.0 Å². The number of aromatic nitrogens is 2. The molecule has 0 aliphatic carbocycles. The highest BCUT2D eigenvalue weighted by Crippen LogP contribution is 2.26. The molecule has 0 radical (unpaired) electrons. The van der Waals surface area contributed by atoms with Gasteiger partial charge in [0.25, 0.3) is 5.69 Å². The molecule has 5 heteroatoms. The van der Waals surface area contributed by atoms with Crippen LogP contribution in [0.3, 0.4) is 0 Å². The minimum atomic E-state index is -0.396. The second-order valence-electron chi connectivity index (χ2n) is 4.47. The van der Waals surface area contributed by atoms with E-state index in [1.807, 2.05) is 24.3 Å². The Hall–Kier alpha value is -2.69. The Morgan fingerprint density at radius 2 is 1.85 bits per heavy atom. The fourth-order valence-corrected chi connectivity index (χ4v) is 2.35. The Kier molecular flexibility index (Phi) is 2.95. The lowest BCUT2D eigenvalue weighted by atomic mass is 10.2. The van der Waals surface area contributed by atoms with Gasteiger partial charge in [-0.3, -0.25) is 10.1 Å². The zero-order chi connectivity index (χ0) is 14.1. The number of aryl methyl sites for hydroxylation is 1. The predicted octanol–water partition coefficient (Wildman–Crippen LogP) is 3.63. The molecular weight excluding hydrogens is 254 g/mol. The van der Waals surface area contributed by atoms with E-state index in [4.69, 9.17) is 0 Å². The van der Waals surface area contributed by atoms with Crippen molar-refractivity contribution < 1.29 is 4.92 Å². The Morgan fingerprint density at radius 1 is 1.15 bits per heavy atom. The third kappa shape index (κ3) is 1.93. The molecule has 0 N–H and O–H groups in total. The number of nitrogens with zero attached hydrogens (tertiary/aromatic N) is 3. The van der Waals surface area contributed by atoms with Crippen LogP contribution in [-0.4, -0.2) is 14.5 Å². The summed E-state index contributed by atoms with van der Waals surface area (Å²) in [6.07, 6.45) is 0. The summed E-state index contributed by atoms with van der Waals surface area (Å²) in [5.41, 5.74) is 2.98. The number of hydrogen-bond acceptors (Lipinski definition) is 3. The Balaban J connectivity index is 2.16. The number of hydrogen-bond donors (Lipinski definition) is 0. The second-order valence-corrected chi connectivity index (χ2v) is 4.47. The molecule has 0 saturated heterocycles. The molecule has 0 amide bonds. The lowest BCUT2D eigenvalue weighted by molar-refractivity contribution is -0.384. The van der Waals surface area contributed by atoms with Crippen LogP contribution in [0.25, 0.3) is 22.4 Å². The van der Waals surface area contributed by atoms with Crippen LogP contribution in [0, 0.1) is 10.1 Å². The van der Waals surface area contributed by atoms with Crippen molar-refractivity contribution in [3.05, 3.63) is 58.6 Å². The summed E-state index contributed by atoms with van der Waals surface area (Å²) in [4.78, 5) is 14.9. The standard InChI is InChI=1S/C15H13N3O2/c1-2-17-14-6-4-3-5-13(14)16-15(17)11-7-9-12(10-8-11)18(19)20/h3-10H,2H2,1H3. The topological polar surface area (TPSA) is 61.0 Å². The average molecular weight is 267 g/mol. The van der Waals surface area contributed by atoms with Crippen molar-refractivity contribution in [1.82, 2.24) is 9.55 Å². The molecule has 100 valence electrons. The summed E-state index contributed by atoms with van der Waals surface area (Å²) in [5.74, 6) is 0.837. The summed E-state index contributed by atoms with van der Waals surface area (Å²) in [6.45, 7) is 2.86. The normalized spacial score (nSPS) is 10.8. The molecule has 5 nitrogen and oxygen atoms in total. The Morgan fingerprint density at radius 3 is 2.50 bits per heavy atom. The van der Waals surface area contributed by atoms with Crippen LogP contribution in [0.1, 0.15) is 6.92 Å². The van der Waals surface area contributed by atoms with Crippen molar-refractivity contribution in [1.29, 1.82) is 0 Å². The molecule has 3 aromatic rings. The molecule has 0 spiro atoms. The molecule has 0 saturated carbocycles. The van der Waals surface area contributed by atoms with E-state index < -0.39 is 4.92 Å². The number of non-ortho nitro benzene ring substituents is 1. The quantitative estimate of drug-likeness (QED) is 0.537. The Bertz CT molecular complexity index is 775. The number of rotatable bonds is 3. The van der Waals surface area contributed by atoms with Crippen molar-refractivity contribution in [2.24, 2.45) is 0 Å². The predicted molar refractivity (Wildman–Crippen MR) is 77.5 cm³/mol. The first kappa shape index (κ1) is 12.3. The summed E-state index contributed by atoms with van der Waals surface area (Å²) < 4.78 is 2.11. The fourth-order valence-electron chi connectivity index (χ4n) is 2.35. The number of nitro benzene ring substituents is 1. The molecule has 2 aromatic carbocycles. The van der Waals surface area contributed by atoms with Gasteiger partial charge >= 0.3 is 0 Å². The lowest BCUT2D eigenvalue weighted by Gasteiger charge is -2.05. The molecule has 0 aliphatic heterocycles. The van der Waals surface area contributed by atoms with Gasteiger partial charge in [0.2, 0.25) is 0 Å². The summed E-state index contributed by atoms with van der Waals surface area (Å²) in [5, 5.41) is 10.7. The van der Waals surface area contributed by atoms with Crippen LogP contribution < -0.4 is 0 Å². The monoisotopic (exact) mass is 267 g/mol. The largest absolute Gasteiger partial charge is 0.324 e. The minimum Gasteiger partial charge on any atom is -0.324 e. The van der Waals surface area contributed by atoms with Crippen molar-refractivity contribution in [3.8, 4) is 11.4 Å². The van der Waals surface area contributed by atoms with Gasteiger partial charge in [0.15, 0.2) is 0 Å². The number of fused-ring (bicyclic) bond motifs is 1. The van der Waals surface area contributed by atoms with E-state index in [0.717, 1.165) is 29.0 Å². The van der Waals surface area contributed by atoms with Gasteiger partial charge in [0.1, 0.15) is 5.82 Å². The molecular formula is C15H13N3O2. The first-order valence-corrected chi connectivity index (χ1v) is 6.41. The maximum absolute atomic E-state index is 10.7. The van der Waals surface area contributed by atoms with Crippen LogP contribution in [0.2, 0.25) is 0 Å². The van der Waals surface area contributed by atoms with E-state index in [2.05, 4.69) is 16.5 Å². The molecule has 1 heterocycles. The van der Waals surface area contributed by atoms with Crippen LogP contribution >= 0.6 is 0 Å². The van der Waals surface area contributed by atoms with E-state index in [-0.39, 0.29) is 5.69 Å². The fraction of sp³-hybridized carbons (Fsp3) is 0.133. The van der Waals surface area contributed by atoms with Gasteiger partial charge < -0.3 is 4.57 Å². The highest BCUT2D eigenvalue weighted by Gasteiger charge is 2.12. The molecule has 1 aromatic heterocycles. The number of nitro groups is 1. The van der Waals surface area contributed by atoms with Gasteiger partial charge in [-0.1, -0.05) is 12.1 Å². The summed E-state index contributed by atoms with van der Waals surface area (Å²) >= 11 is 0. The van der Waals surface area contributed by atoms with Crippen LogP contribution in [-0.2, 0) is 6.54 Å². The van der Waals surface area contributed by atoms with E-state index in [0.29, 0.717) is 0 Å². The molecule has 0 unspecified atom stereocenters. The SMILES string of the molecule is CCn1c(-c2ccc([N+](=O)[O-])cc2)nc2ccccc21. The number of imidazole rings is 1. The molecule has 0 bridgehead atoms. The van der Waals surface area contributed by atoms with Crippen LogP contribution in [0.15, 0.2) is 48.5 Å². The first-order valence-electron chi connectivity index (χ1n) is 6.41. The van der Waals surface area contributed by atoms with E-state index in [9.17, 15) is 10.1 Å². The summed E-state index contributed by atoms with van der Waals surface area (Å²) in [6, 6.07) is 14.4. The van der Waals surface area contributed by atoms with E-state index in [1.54, 1.807) is 12.1 Å². The van der Waals surface area contributed by atoms with Gasteiger partial charge in [-0.25, -0.2) is 4.98 Å². The van der Waals surface area contributed by atoms with Gasteiger partial charge in [-0.05, 0) is 31.2 Å². The van der Waals surface area contributed by atoms with Crippen molar-refractivity contribution in [3.63, 3.8) is 0 Å². The Labute approximate surface area is 115 Å². The number of para-hydroxylation sites is 2. The third-order valence-electron chi connectivity index (χ3n) is 3.31. The van der Waals surface area contributed by atoms with E-state index in [1.165, 1.54) is 12.1 Å². The van der Waals surface area contributed by atoms with Crippen molar-refractivity contribution in [2.45, 2.75) is 13.5 Å². The van der Waals surface area contributed by atoms with E-state index >= 15 is 0 Å². The van der Waals surface area contributed by atoms with Gasteiger partial charge in [-0.2, -0.15) is 0 Å². The van der Waals surface area contributed by atoms with Crippen molar-refractivity contribution in [2.75, 3.05) is 0 Å². The molecule has 0 aliphatic rings. The zero-order valence-corrected chi connectivity index (χ0v) is 11.0. The number of benzene rings is 2. The summed E-state index contributed by atoms with van der Waals surface area (Å²) in [7, 11) is 0. The highest BCUT2D eigenvalue weighted by atomic mass is 16.6. The van der Waals surface area contributed by atoms with Crippen LogP contribution in [0.4, 0.5) is 5.69 Å². The molecule has 20 heavy (non-hydrogen) atoms. The highest BCUT2D eigenvalue weighted by molar-refractivity contribution is 5.80. The maximum atomic E-state index is 10.7. The maximum Gasteiger partial charge on any atom is 0.269 e. The van der Waals surface area contributed by atoms with Crippen LogP contribution in [0.5, 0.6) is 0 Å². The van der Waals surface area contributed by atoms with Gasteiger partial charge in [-0.15, -0.1) is 0 Å². The average Bonchev–Trinajstić information content (AvgIpc) is 2.85. The smallest absolute Gasteiger partial charge is 0.269 e. The lowest BCUT2D eigenvalue weighted by Crippen LogP contribution is -1.97. The minimum absolute atomic E-state index is 0.0907. The van der Waals surface area contributed by atoms with Crippen molar-refractivity contribution >= 4 is 16.7 Å².